The summed E-state index contributed by atoms with van der Waals surface area (Å²) in [5.41, 5.74) is 1.94. The number of carbonyl (C=O) groups is 1. The van der Waals surface area contributed by atoms with E-state index < -0.39 is 0 Å². The molecular formula is C21H28N2O2. The van der Waals surface area contributed by atoms with Crippen molar-refractivity contribution in [2.45, 2.75) is 63.0 Å². The van der Waals surface area contributed by atoms with Crippen LogP contribution in [-0.2, 0) is 6.42 Å². The monoisotopic (exact) mass is 340 g/mol. The highest BCUT2D eigenvalue weighted by Gasteiger charge is 2.42. The zero-order valence-electron chi connectivity index (χ0n) is 14.9. The number of nitrogens with one attached hydrogen (secondary N) is 1. The first-order valence-electron chi connectivity index (χ1n) is 10.1. The summed E-state index contributed by atoms with van der Waals surface area (Å²) < 4.78 is 6.47. The van der Waals surface area contributed by atoms with Gasteiger partial charge in [0.2, 0.25) is 0 Å². The summed E-state index contributed by atoms with van der Waals surface area (Å²) in [6.07, 6.45) is 9.47. The van der Waals surface area contributed by atoms with Crippen LogP contribution in [0.25, 0.3) is 0 Å². The number of nitrogens with zero attached hydrogens (tertiary/aromatic N) is 1. The van der Waals surface area contributed by atoms with Crippen molar-refractivity contribution < 1.29 is 9.53 Å². The van der Waals surface area contributed by atoms with Gasteiger partial charge in [0.25, 0.3) is 5.91 Å². The summed E-state index contributed by atoms with van der Waals surface area (Å²) >= 11 is 0. The normalized spacial score (nSPS) is 32.2. The summed E-state index contributed by atoms with van der Waals surface area (Å²) in [4.78, 5) is 15.5. The minimum atomic E-state index is -0.0351. The highest BCUT2D eigenvalue weighted by molar-refractivity contribution is 5.97. The Morgan fingerprint density at radius 1 is 1.16 bits per heavy atom. The molecule has 1 N–H and O–H groups in total. The van der Waals surface area contributed by atoms with E-state index in [9.17, 15) is 4.79 Å². The van der Waals surface area contributed by atoms with Crippen molar-refractivity contribution in [1.82, 2.24) is 10.2 Å². The fourth-order valence-corrected chi connectivity index (χ4v) is 5.47. The van der Waals surface area contributed by atoms with Gasteiger partial charge >= 0.3 is 0 Å². The van der Waals surface area contributed by atoms with Crippen molar-refractivity contribution in [1.29, 1.82) is 0 Å². The van der Waals surface area contributed by atoms with Gasteiger partial charge in [-0.2, -0.15) is 0 Å². The third kappa shape index (κ3) is 2.75. The fraction of sp³-hybridized carbons (Fsp3) is 0.667. The van der Waals surface area contributed by atoms with Gasteiger partial charge in [-0.25, -0.2) is 0 Å². The van der Waals surface area contributed by atoms with Gasteiger partial charge in [0, 0.05) is 19.0 Å². The zero-order chi connectivity index (χ0) is 16.9. The Kier molecular flexibility index (Phi) is 3.77. The van der Waals surface area contributed by atoms with Crippen LogP contribution >= 0.6 is 0 Å². The van der Waals surface area contributed by atoms with Gasteiger partial charge in [0.05, 0.1) is 5.56 Å². The van der Waals surface area contributed by atoms with E-state index in [-0.39, 0.29) is 11.5 Å². The molecular weight excluding hydrogens is 312 g/mol. The number of carbonyl (C=O) groups excluding carboxylic acids is 1. The molecule has 4 nitrogen and oxygen atoms in total. The molecule has 1 unspecified atom stereocenters. The molecule has 3 saturated heterocycles. The lowest BCUT2D eigenvalue weighted by molar-refractivity contribution is 0.0502. The van der Waals surface area contributed by atoms with Crippen LogP contribution in [0, 0.1) is 5.92 Å². The fourth-order valence-electron chi connectivity index (χ4n) is 5.47. The zero-order valence-corrected chi connectivity index (χ0v) is 14.9. The minimum absolute atomic E-state index is 0.0351. The predicted octanol–water partition coefficient (Wildman–Crippen LogP) is 3.15. The van der Waals surface area contributed by atoms with Gasteiger partial charge in [-0.15, -0.1) is 0 Å². The van der Waals surface area contributed by atoms with Crippen molar-refractivity contribution in [2.24, 2.45) is 5.92 Å². The molecule has 0 aromatic heterocycles. The van der Waals surface area contributed by atoms with Crippen molar-refractivity contribution in [3.8, 4) is 5.75 Å². The Labute approximate surface area is 149 Å². The molecule has 1 aliphatic carbocycles. The van der Waals surface area contributed by atoms with E-state index in [1.807, 2.05) is 12.1 Å². The number of ether oxygens (including phenoxy) is 1. The third-order valence-electron chi connectivity index (χ3n) is 6.91. The van der Waals surface area contributed by atoms with E-state index in [1.165, 1.54) is 50.8 Å². The van der Waals surface area contributed by atoms with E-state index in [0.29, 0.717) is 12.0 Å². The molecule has 4 heteroatoms. The molecule has 5 aliphatic rings. The smallest absolute Gasteiger partial charge is 0.255 e. The van der Waals surface area contributed by atoms with Gasteiger partial charge in [-0.05, 0) is 69.2 Å². The first kappa shape index (κ1) is 15.7. The molecule has 1 atom stereocenters. The quantitative estimate of drug-likeness (QED) is 0.899. The van der Waals surface area contributed by atoms with Crippen molar-refractivity contribution >= 4 is 5.91 Å². The average Bonchev–Trinajstić information content (AvgIpc) is 3.00. The summed E-state index contributed by atoms with van der Waals surface area (Å²) in [5, 5.41) is 3.33. The van der Waals surface area contributed by atoms with Crippen LogP contribution in [-0.4, -0.2) is 42.1 Å². The van der Waals surface area contributed by atoms with Gasteiger partial charge in [-0.1, -0.05) is 18.6 Å². The second-order valence-electron chi connectivity index (χ2n) is 8.53. The first-order chi connectivity index (χ1) is 12.2. The topological polar surface area (TPSA) is 41.6 Å². The van der Waals surface area contributed by atoms with Crippen LogP contribution in [0.3, 0.4) is 0 Å². The number of rotatable bonds is 2. The van der Waals surface area contributed by atoms with E-state index in [4.69, 9.17) is 4.74 Å². The van der Waals surface area contributed by atoms with Crippen LogP contribution in [0.5, 0.6) is 5.75 Å². The lowest BCUT2D eigenvalue weighted by Crippen LogP contribution is -2.57. The lowest BCUT2D eigenvalue weighted by atomic mass is 9.82. The largest absolute Gasteiger partial charge is 0.486 e. The van der Waals surface area contributed by atoms with E-state index in [2.05, 4.69) is 16.3 Å². The first-order valence-corrected chi connectivity index (χ1v) is 10.1. The maximum Gasteiger partial charge on any atom is 0.255 e. The molecule has 1 saturated carbocycles. The molecule has 6 rings (SSSR count). The van der Waals surface area contributed by atoms with E-state index in [0.717, 1.165) is 37.1 Å². The molecule has 25 heavy (non-hydrogen) atoms. The molecule has 1 aromatic carbocycles. The minimum Gasteiger partial charge on any atom is -0.486 e. The van der Waals surface area contributed by atoms with Crippen molar-refractivity contribution in [2.75, 3.05) is 19.6 Å². The highest BCUT2D eigenvalue weighted by atomic mass is 16.5. The Hall–Kier alpha value is -1.55. The SMILES string of the molecule is O=C(NC1CN2CCC1CC2)c1cccc2c1OC1(CCCCC1)C2. The molecule has 1 amide bonds. The Balaban J connectivity index is 1.35. The average molecular weight is 340 g/mol. The van der Waals surface area contributed by atoms with Crippen LogP contribution < -0.4 is 10.1 Å². The summed E-state index contributed by atoms with van der Waals surface area (Å²) in [7, 11) is 0. The molecule has 4 aliphatic heterocycles. The summed E-state index contributed by atoms with van der Waals surface area (Å²) in [6.45, 7) is 3.41. The van der Waals surface area contributed by atoms with Gasteiger partial charge in [-0.3, -0.25) is 4.79 Å². The Morgan fingerprint density at radius 2 is 1.96 bits per heavy atom. The molecule has 134 valence electrons. The van der Waals surface area contributed by atoms with Gasteiger partial charge < -0.3 is 15.0 Å². The lowest BCUT2D eigenvalue weighted by Gasteiger charge is -2.45. The summed E-state index contributed by atoms with van der Waals surface area (Å²) in [5.74, 6) is 1.57. The molecule has 0 radical (unpaired) electrons. The Morgan fingerprint density at radius 3 is 2.68 bits per heavy atom. The molecule has 4 heterocycles. The van der Waals surface area contributed by atoms with Crippen LogP contribution in [0.2, 0.25) is 0 Å². The van der Waals surface area contributed by atoms with E-state index >= 15 is 0 Å². The second kappa shape index (κ2) is 6.01. The Bertz CT molecular complexity index is 672. The summed E-state index contributed by atoms with van der Waals surface area (Å²) in [6, 6.07) is 6.41. The number of para-hydroxylation sites is 1. The molecule has 1 spiro atoms. The van der Waals surface area contributed by atoms with Crippen LogP contribution in [0.4, 0.5) is 0 Å². The molecule has 2 bridgehead atoms. The van der Waals surface area contributed by atoms with Crippen molar-refractivity contribution in [3.05, 3.63) is 29.3 Å². The van der Waals surface area contributed by atoms with Crippen LogP contribution in [0.15, 0.2) is 18.2 Å². The second-order valence-corrected chi connectivity index (χ2v) is 8.53. The standard InChI is InChI=1S/C21H28N2O2/c24-20(22-18-14-23-11-7-15(18)8-12-23)17-6-4-5-16-13-21(25-19(16)17)9-2-1-3-10-21/h4-6,15,18H,1-3,7-14H2,(H,22,24). The van der Waals surface area contributed by atoms with E-state index in [1.54, 1.807) is 0 Å². The number of hydrogen-bond donors (Lipinski definition) is 1. The maximum absolute atomic E-state index is 13.0. The van der Waals surface area contributed by atoms with Gasteiger partial charge in [0.15, 0.2) is 0 Å². The number of fused-ring (bicyclic) bond motifs is 4. The number of hydrogen-bond acceptors (Lipinski definition) is 3. The number of amides is 1. The highest BCUT2D eigenvalue weighted by Crippen LogP contribution is 2.45. The predicted molar refractivity (Wildman–Crippen MR) is 97.0 cm³/mol. The number of benzene rings is 1. The number of piperidine rings is 3. The van der Waals surface area contributed by atoms with Gasteiger partial charge in [0.1, 0.15) is 11.4 Å². The molecule has 4 fully saturated rings. The third-order valence-corrected chi connectivity index (χ3v) is 6.91. The van der Waals surface area contributed by atoms with Crippen LogP contribution in [0.1, 0.15) is 60.9 Å². The maximum atomic E-state index is 13.0. The van der Waals surface area contributed by atoms with Crippen molar-refractivity contribution in [3.63, 3.8) is 0 Å². The molecule has 1 aromatic rings.